The third kappa shape index (κ3) is 11.2. The summed E-state index contributed by atoms with van der Waals surface area (Å²) in [5, 5.41) is 26.1. The molecule has 2 bridgehead atoms. The topological polar surface area (TPSA) is 191 Å². The minimum Gasteiger partial charge on any atom is -0.499 e. The van der Waals surface area contributed by atoms with E-state index in [-0.39, 0.29) is 58.6 Å². The molecule has 324 valence electrons. The fourth-order valence-electron chi connectivity index (χ4n) is 8.51. The van der Waals surface area contributed by atoms with Crippen molar-refractivity contribution in [2.24, 2.45) is 5.41 Å². The SMILES string of the molecule is CCCCCC1(CCCCC)OC2C3CC4(C(=O)NCCC(=O)NC(CO)CCC(=O)OC(C)(C)C)C(ON(Cc5ccc(C=COCCO)cc5)C4C(=O)O3)C2O1. The molecule has 3 saturated heterocycles. The number of ether oxygens (including phenoxy) is 5. The van der Waals surface area contributed by atoms with Crippen molar-refractivity contribution in [2.75, 3.05) is 26.4 Å². The van der Waals surface area contributed by atoms with E-state index in [2.05, 4.69) is 24.5 Å². The minimum atomic E-state index is -1.41. The number of hydrogen-bond donors (Lipinski definition) is 4. The Kier molecular flexibility index (Phi) is 16.1. The Balaban J connectivity index is 1.34. The molecule has 1 aromatic carbocycles. The Labute approximate surface area is 342 Å². The smallest absolute Gasteiger partial charge is 0.327 e. The van der Waals surface area contributed by atoms with E-state index in [0.29, 0.717) is 12.8 Å². The zero-order valence-electron chi connectivity index (χ0n) is 34.9. The number of fused-ring (bicyclic) bond motifs is 4. The molecule has 0 spiro atoms. The van der Waals surface area contributed by atoms with Gasteiger partial charge in [-0.15, -0.1) is 0 Å². The number of aliphatic hydroxyl groups excluding tert-OH is 2. The third-order valence-electron chi connectivity index (χ3n) is 11.2. The van der Waals surface area contributed by atoms with E-state index in [1.54, 1.807) is 31.9 Å². The number of benzene rings is 1. The molecule has 4 N–H and O–H groups in total. The molecule has 0 radical (unpaired) electrons. The van der Waals surface area contributed by atoms with Gasteiger partial charge in [0.1, 0.15) is 42.0 Å². The molecule has 4 fully saturated rings. The summed E-state index contributed by atoms with van der Waals surface area (Å²) in [6.07, 6.45) is 7.84. The average Bonchev–Trinajstić information content (AvgIpc) is 3.73. The summed E-state index contributed by atoms with van der Waals surface area (Å²) in [5.74, 6) is -2.77. The number of carbonyl (C=O) groups excluding carboxylic acids is 4. The Morgan fingerprint density at radius 2 is 1.69 bits per heavy atom. The standard InChI is InChI=1S/C43H65N3O12/c1-6-8-10-20-42(21-11-9-7-2)56-35-32-26-43(40(52)44-22-18-33(49)45-31(28-48)16-17-34(50)55-41(3,4)5)37(39(51)54-32)46(58-38(43)36(35)57-42)27-30-14-12-29(13-15-30)19-24-53-25-23-47/h12-15,19,24,31-32,35-38,47-48H,6-11,16-18,20-23,25-28H2,1-5H3,(H,44,52)(H,45,49). The van der Waals surface area contributed by atoms with Crippen molar-refractivity contribution in [1.82, 2.24) is 15.7 Å². The molecule has 3 heterocycles. The van der Waals surface area contributed by atoms with Crippen LogP contribution in [0.2, 0.25) is 0 Å². The van der Waals surface area contributed by atoms with Gasteiger partial charge in [0.05, 0.1) is 32.1 Å². The van der Waals surface area contributed by atoms with Crippen LogP contribution in [0, 0.1) is 5.41 Å². The number of aliphatic hydroxyl groups is 2. The number of carbonyl (C=O) groups is 4. The third-order valence-corrected chi connectivity index (χ3v) is 11.2. The largest absolute Gasteiger partial charge is 0.499 e. The van der Waals surface area contributed by atoms with Crippen molar-refractivity contribution in [3.63, 3.8) is 0 Å². The number of hydroxylamine groups is 2. The Bertz CT molecular complexity index is 1550. The van der Waals surface area contributed by atoms with Gasteiger partial charge in [-0.25, -0.2) is 0 Å². The number of esters is 2. The van der Waals surface area contributed by atoms with Crippen molar-refractivity contribution < 1.29 is 57.9 Å². The second-order valence-corrected chi connectivity index (χ2v) is 16.9. The predicted octanol–water partition coefficient (Wildman–Crippen LogP) is 4.21. The van der Waals surface area contributed by atoms with Gasteiger partial charge in [0.2, 0.25) is 11.8 Å². The van der Waals surface area contributed by atoms with Crippen LogP contribution in [-0.2, 0) is 54.2 Å². The molecular weight excluding hydrogens is 750 g/mol. The number of amides is 2. The Morgan fingerprint density at radius 1 is 1.00 bits per heavy atom. The van der Waals surface area contributed by atoms with Gasteiger partial charge in [-0.3, -0.25) is 24.0 Å². The molecule has 1 aliphatic carbocycles. The van der Waals surface area contributed by atoms with Crippen LogP contribution in [0.5, 0.6) is 0 Å². The maximum absolute atomic E-state index is 14.7. The highest BCUT2D eigenvalue weighted by Crippen LogP contribution is 2.58. The van der Waals surface area contributed by atoms with Gasteiger partial charge >= 0.3 is 11.9 Å². The molecule has 15 heteroatoms. The van der Waals surface area contributed by atoms with Crippen LogP contribution in [0.25, 0.3) is 6.08 Å². The normalized spacial score (nSPS) is 26.5. The van der Waals surface area contributed by atoms with E-state index in [1.165, 1.54) is 6.26 Å². The first kappa shape index (κ1) is 45.5. The van der Waals surface area contributed by atoms with E-state index in [9.17, 15) is 24.3 Å². The second-order valence-electron chi connectivity index (χ2n) is 16.9. The molecule has 5 rings (SSSR count). The average molecular weight is 816 g/mol. The van der Waals surface area contributed by atoms with Crippen molar-refractivity contribution in [3.05, 3.63) is 41.7 Å². The maximum Gasteiger partial charge on any atom is 0.327 e. The summed E-state index contributed by atoms with van der Waals surface area (Å²) >= 11 is 0. The van der Waals surface area contributed by atoms with Gasteiger partial charge in [-0.1, -0.05) is 63.8 Å². The number of nitrogens with one attached hydrogen (secondary N) is 2. The highest BCUT2D eigenvalue weighted by molar-refractivity contribution is 5.94. The summed E-state index contributed by atoms with van der Waals surface area (Å²) < 4.78 is 30.5. The molecule has 3 aliphatic heterocycles. The van der Waals surface area contributed by atoms with E-state index in [4.69, 9.17) is 33.6 Å². The fourth-order valence-corrected chi connectivity index (χ4v) is 8.51. The van der Waals surface area contributed by atoms with E-state index in [0.717, 1.165) is 49.7 Å². The number of nitrogens with zero attached hydrogens (tertiary/aromatic N) is 1. The first-order valence-electron chi connectivity index (χ1n) is 21.2. The van der Waals surface area contributed by atoms with E-state index in [1.807, 2.05) is 24.3 Å². The molecular formula is C43H65N3O12. The van der Waals surface area contributed by atoms with E-state index < -0.39 is 77.1 Å². The van der Waals surface area contributed by atoms with Crippen LogP contribution in [0.1, 0.15) is 123 Å². The zero-order valence-corrected chi connectivity index (χ0v) is 34.9. The quantitative estimate of drug-likeness (QED) is 0.0699. The van der Waals surface area contributed by atoms with Gasteiger partial charge < -0.3 is 44.5 Å². The lowest BCUT2D eigenvalue weighted by molar-refractivity contribution is -0.224. The summed E-state index contributed by atoms with van der Waals surface area (Å²) in [6, 6.07) is 5.82. The lowest BCUT2D eigenvalue weighted by Gasteiger charge is -2.48. The van der Waals surface area contributed by atoms with Gasteiger partial charge in [0.25, 0.3) is 0 Å². The Morgan fingerprint density at radius 3 is 2.33 bits per heavy atom. The lowest BCUT2D eigenvalue weighted by Crippen LogP contribution is -2.69. The second kappa shape index (κ2) is 20.6. The first-order valence-corrected chi connectivity index (χ1v) is 21.2. The maximum atomic E-state index is 14.7. The molecule has 15 nitrogen and oxygen atoms in total. The van der Waals surface area contributed by atoms with Gasteiger partial charge in [0, 0.05) is 38.6 Å². The summed E-state index contributed by atoms with van der Waals surface area (Å²) in [7, 11) is 0. The molecule has 0 aromatic heterocycles. The first-order chi connectivity index (χ1) is 27.8. The number of unbranched alkanes of at least 4 members (excludes halogenated alkanes) is 4. The summed E-state index contributed by atoms with van der Waals surface area (Å²) in [6.45, 7) is 9.46. The Hall–Kier alpha value is -3.60. The van der Waals surface area contributed by atoms with Crippen molar-refractivity contribution >= 4 is 29.8 Å². The van der Waals surface area contributed by atoms with Crippen LogP contribution < -0.4 is 10.6 Å². The van der Waals surface area contributed by atoms with Crippen LogP contribution in [0.3, 0.4) is 0 Å². The number of rotatable bonds is 23. The minimum absolute atomic E-state index is 0.0204. The van der Waals surface area contributed by atoms with Crippen LogP contribution in [-0.4, -0.2) is 113 Å². The highest BCUT2D eigenvalue weighted by Gasteiger charge is 2.76. The molecule has 1 aromatic rings. The monoisotopic (exact) mass is 815 g/mol. The summed E-state index contributed by atoms with van der Waals surface area (Å²) in [4.78, 5) is 60.7. The molecule has 7 atom stereocenters. The molecule has 4 aliphatic rings. The number of hydrogen-bond acceptors (Lipinski definition) is 13. The highest BCUT2D eigenvalue weighted by atomic mass is 16.8. The van der Waals surface area contributed by atoms with Gasteiger partial charge in [-0.2, -0.15) is 5.06 Å². The predicted molar refractivity (Wildman–Crippen MR) is 212 cm³/mol. The fraction of sp³-hybridized carbons (Fsp3) is 0.721. The van der Waals surface area contributed by atoms with Gasteiger partial charge in [0.15, 0.2) is 11.8 Å². The van der Waals surface area contributed by atoms with Crippen molar-refractivity contribution in [3.8, 4) is 0 Å². The van der Waals surface area contributed by atoms with Crippen LogP contribution in [0.15, 0.2) is 30.5 Å². The molecule has 2 amide bonds. The molecule has 1 saturated carbocycles. The molecule has 7 unspecified atom stereocenters. The van der Waals surface area contributed by atoms with Crippen LogP contribution >= 0.6 is 0 Å². The van der Waals surface area contributed by atoms with Crippen LogP contribution in [0.4, 0.5) is 0 Å². The van der Waals surface area contributed by atoms with Crippen molar-refractivity contribution in [1.29, 1.82) is 0 Å². The van der Waals surface area contributed by atoms with E-state index >= 15 is 0 Å². The zero-order chi connectivity index (χ0) is 41.9. The van der Waals surface area contributed by atoms with Crippen molar-refractivity contribution in [2.45, 2.75) is 166 Å². The van der Waals surface area contributed by atoms with Gasteiger partial charge in [-0.05, 0) is 57.2 Å². The molecule has 58 heavy (non-hydrogen) atoms. The summed E-state index contributed by atoms with van der Waals surface area (Å²) in [5.41, 5.74) is -0.356. The lowest BCUT2D eigenvalue weighted by atomic mass is 9.62.